The van der Waals surface area contributed by atoms with E-state index in [1.165, 1.54) is 33.6 Å². The van der Waals surface area contributed by atoms with Gasteiger partial charge in [0.2, 0.25) is 0 Å². The summed E-state index contributed by atoms with van der Waals surface area (Å²) in [6.07, 6.45) is 0. The van der Waals surface area contributed by atoms with Gasteiger partial charge in [0.15, 0.2) is 0 Å². The molecule has 2 aromatic carbocycles. The van der Waals surface area contributed by atoms with Gasteiger partial charge in [-0.2, -0.15) is 0 Å². The van der Waals surface area contributed by atoms with Crippen LogP contribution in [0.1, 0.15) is 36.1 Å². The third-order valence-electron chi connectivity index (χ3n) is 5.50. The topological polar surface area (TPSA) is 6.48 Å². The minimum Gasteiger partial charge on any atom is -0.369 e. The number of para-hydroxylation sites is 2. The van der Waals surface area contributed by atoms with Crippen molar-refractivity contribution >= 4 is 11.4 Å². The Bertz CT molecular complexity index is 610. The monoisotopic (exact) mass is 460 g/mol. The molecule has 0 bridgehead atoms. The molecule has 0 N–H and O–H groups in total. The molecule has 0 spiro atoms. The Kier molecular flexibility index (Phi) is 11.9. The van der Waals surface area contributed by atoms with Crippen LogP contribution < -0.4 is 9.80 Å². The van der Waals surface area contributed by atoms with Crippen LogP contribution in [0.5, 0.6) is 0 Å². The molecule has 0 aliphatic carbocycles. The van der Waals surface area contributed by atoms with Crippen LogP contribution in [0.3, 0.4) is 0 Å². The maximum atomic E-state index is 2.43. The zero-order chi connectivity index (χ0) is 18.0. The van der Waals surface area contributed by atoms with E-state index in [2.05, 4.69) is 102 Å². The van der Waals surface area contributed by atoms with Crippen molar-refractivity contribution in [2.45, 2.75) is 53.6 Å². The Balaban J connectivity index is 0. The van der Waals surface area contributed by atoms with Crippen molar-refractivity contribution in [2.75, 3.05) is 23.9 Å². The van der Waals surface area contributed by atoms with E-state index in [1.807, 2.05) is 0 Å². The van der Waals surface area contributed by atoms with E-state index in [4.69, 9.17) is 0 Å². The fraction of sp³-hybridized carbons (Fsp3) is 0.417. The van der Waals surface area contributed by atoms with Crippen LogP contribution in [0.4, 0.5) is 11.4 Å². The van der Waals surface area contributed by atoms with Crippen molar-refractivity contribution in [1.82, 2.24) is 0 Å². The molecule has 2 unspecified atom stereocenters. The zero-order valence-corrected chi connectivity index (χ0v) is 20.4. The number of nitrogens with zero attached hydrogens (tertiary/aromatic N) is 2. The first-order chi connectivity index (χ1) is 11.3. The van der Waals surface area contributed by atoms with Crippen molar-refractivity contribution < 1.29 is 20.4 Å². The summed E-state index contributed by atoms with van der Waals surface area (Å²) in [5.74, 6) is 0. The summed E-state index contributed by atoms with van der Waals surface area (Å²) >= 11 is 0. The Morgan fingerprint density at radius 1 is 0.593 bits per heavy atom. The summed E-state index contributed by atoms with van der Waals surface area (Å²) in [5, 5.41) is 0. The molecule has 0 saturated heterocycles. The molecule has 0 heterocycles. The Hall–Kier alpha value is -1.30. The van der Waals surface area contributed by atoms with Crippen molar-refractivity contribution in [3.8, 4) is 0 Å². The molecule has 0 amide bonds. The first-order valence-electron chi connectivity index (χ1n) is 8.83. The van der Waals surface area contributed by atoms with Gasteiger partial charge in [-0.25, -0.2) is 0 Å². The molecule has 2 atom stereocenters. The van der Waals surface area contributed by atoms with Crippen molar-refractivity contribution in [3.05, 3.63) is 73.5 Å². The minimum atomic E-state index is 0. The second kappa shape index (κ2) is 11.5. The number of likely N-dealkylation sites (N-methyl/N-ethyl adjacent to an activating group) is 2. The van der Waals surface area contributed by atoms with Gasteiger partial charge in [0.05, 0.1) is 0 Å². The molecule has 0 aromatic heterocycles. The minimum absolute atomic E-state index is 0. The van der Waals surface area contributed by atoms with E-state index >= 15 is 0 Å². The molecule has 0 aliphatic rings. The van der Waals surface area contributed by atoms with E-state index in [9.17, 15) is 0 Å². The SMILES string of the molecule is Cc1cccc(C)c1N(C)C(C)C(C)N(C)c1c(C)cccc1C.[CH3-].[CH3-].[Pd]. The summed E-state index contributed by atoms with van der Waals surface area (Å²) < 4.78 is 0. The van der Waals surface area contributed by atoms with Crippen LogP contribution in [0.2, 0.25) is 0 Å². The molecule has 0 radical (unpaired) electrons. The van der Waals surface area contributed by atoms with Gasteiger partial charge >= 0.3 is 0 Å². The normalized spacial score (nSPS) is 12.0. The smallest absolute Gasteiger partial charge is 0.0459 e. The average Bonchev–Trinajstić information content (AvgIpc) is 2.52. The van der Waals surface area contributed by atoms with Crippen LogP contribution in [-0.4, -0.2) is 26.2 Å². The number of rotatable bonds is 5. The van der Waals surface area contributed by atoms with Gasteiger partial charge in [-0.05, 0) is 63.8 Å². The molecular weight excluding hydrogens is 423 g/mol. The maximum Gasteiger partial charge on any atom is 0.0459 e. The van der Waals surface area contributed by atoms with Gasteiger partial charge < -0.3 is 24.7 Å². The van der Waals surface area contributed by atoms with Crippen molar-refractivity contribution in [1.29, 1.82) is 0 Å². The molecular formula is C24H38N2Pd-2. The first kappa shape index (κ1) is 27.9. The number of hydrogen-bond donors (Lipinski definition) is 0. The van der Waals surface area contributed by atoms with Gasteiger partial charge in [-0.15, -0.1) is 0 Å². The van der Waals surface area contributed by atoms with E-state index in [1.54, 1.807) is 0 Å². The Labute approximate surface area is 182 Å². The van der Waals surface area contributed by atoms with Crippen molar-refractivity contribution in [3.63, 3.8) is 0 Å². The molecule has 0 saturated carbocycles. The van der Waals surface area contributed by atoms with E-state index in [0.29, 0.717) is 12.1 Å². The van der Waals surface area contributed by atoms with E-state index in [0.717, 1.165) is 0 Å². The average molecular weight is 461 g/mol. The van der Waals surface area contributed by atoms with Gasteiger partial charge in [-0.1, -0.05) is 36.4 Å². The van der Waals surface area contributed by atoms with E-state index in [-0.39, 0.29) is 35.3 Å². The number of aryl methyl sites for hydroxylation is 4. The number of hydrogen-bond acceptors (Lipinski definition) is 2. The fourth-order valence-corrected chi connectivity index (χ4v) is 3.78. The molecule has 2 rings (SSSR count). The predicted octanol–water partition coefficient (Wildman–Crippen LogP) is 6.17. The maximum absolute atomic E-state index is 2.43. The first-order valence-corrected chi connectivity index (χ1v) is 8.83. The summed E-state index contributed by atoms with van der Waals surface area (Å²) in [4.78, 5) is 4.86. The summed E-state index contributed by atoms with van der Waals surface area (Å²) in [7, 11) is 4.43. The molecule has 2 nitrogen and oxygen atoms in total. The second-order valence-corrected chi connectivity index (χ2v) is 7.18. The van der Waals surface area contributed by atoms with Gasteiger partial charge in [0.1, 0.15) is 0 Å². The molecule has 0 fully saturated rings. The van der Waals surface area contributed by atoms with Crippen LogP contribution >= 0.6 is 0 Å². The molecule has 2 aromatic rings. The quantitative estimate of drug-likeness (QED) is 0.389. The van der Waals surface area contributed by atoms with Crippen LogP contribution in [0.15, 0.2) is 36.4 Å². The standard InChI is InChI=1S/C22H32N2.2CH3.Pd/c1-15-11-9-12-16(2)21(15)23(7)19(5)20(6)24(8)22-17(3)13-10-14-18(22)4;;;/h9-14,19-20H,1-8H3;2*1H3;/q;2*-1;. The van der Waals surface area contributed by atoms with Gasteiger partial charge in [0, 0.05) is 58.0 Å². The van der Waals surface area contributed by atoms with Crippen molar-refractivity contribution in [2.24, 2.45) is 0 Å². The number of anilines is 2. The molecule has 27 heavy (non-hydrogen) atoms. The Morgan fingerprint density at radius 2 is 0.815 bits per heavy atom. The predicted molar refractivity (Wildman–Crippen MR) is 120 cm³/mol. The van der Waals surface area contributed by atoms with Crippen LogP contribution in [0, 0.1) is 42.5 Å². The zero-order valence-electron chi connectivity index (χ0n) is 18.8. The molecule has 3 heteroatoms. The summed E-state index contributed by atoms with van der Waals surface area (Å²) in [6, 6.07) is 13.9. The largest absolute Gasteiger partial charge is 0.369 e. The summed E-state index contributed by atoms with van der Waals surface area (Å²) in [6.45, 7) is 13.4. The summed E-state index contributed by atoms with van der Waals surface area (Å²) in [5.41, 5.74) is 8.06. The van der Waals surface area contributed by atoms with E-state index < -0.39 is 0 Å². The van der Waals surface area contributed by atoms with Crippen LogP contribution in [-0.2, 0) is 20.4 Å². The van der Waals surface area contributed by atoms with Crippen LogP contribution in [0.25, 0.3) is 0 Å². The van der Waals surface area contributed by atoms with Gasteiger partial charge in [-0.3, -0.25) is 0 Å². The molecule has 156 valence electrons. The number of benzene rings is 2. The third kappa shape index (κ3) is 5.84. The second-order valence-electron chi connectivity index (χ2n) is 7.18. The fourth-order valence-electron chi connectivity index (χ4n) is 3.78. The Morgan fingerprint density at radius 3 is 1.04 bits per heavy atom. The third-order valence-corrected chi connectivity index (χ3v) is 5.50. The van der Waals surface area contributed by atoms with Gasteiger partial charge in [0.25, 0.3) is 0 Å². The molecule has 0 aliphatic heterocycles.